The van der Waals surface area contributed by atoms with Crippen molar-refractivity contribution in [2.45, 2.75) is 37.4 Å². The van der Waals surface area contributed by atoms with E-state index in [-0.39, 0.29) is 11.8 Å². The molecule has 1 unspecified atom stereocenters. The predicted octanol–water partition coefficient (Wildman–Crippen LogP) is 2.20. The van der Waals surface area contributed by atoms with Gasteiger partial charge in [-0.05, 0) is 36.3 Å². The topological polar surface area (TPSA) is 93.0 Å². The third-order valence-electron chi connectivity index (χ3n) is 4.54. The first-order valence-corrected chi connectivity index (χ1v) is 9.62. The van der Waals surface area contributed by atoms with E-state index in [2.05, 4.69) is 10.2 Å². The lowest BCUT2D eigenvalue weighted by Crippen LogP contribution is -2.25. The van der Waals surface area contributed by atoms with Crippen LogP contribution in [0.5, 0.6) is 0 Å². The van der Waals surface area contributed by atoms with Crippen molar-refractivity contribution in [2.75, 3.05) is 6.26 Å². The Morgan fingerprint density at radius 1 is 1.39 bits per heavy atom. The van der Waals surface area contributed by atoms with Gasteiger partial charge >= 0.3 is 5.76 Å². The molecule has 0 saturated heterocycles. The minimum absolute atomic E-state index is 0.0376. The highest BCUT2D eigenvalue weighted by molar-refractivity contribution is 7.90. The molecule has 23 heavy (non-hydrogen) atoms. The fourth-order valence-electron chi connectivity index (χ4n) is 3.50. The lowest BCUT2D eigenvalue weighted by Gasteiger charge is -2.31. The maximum absolute atomic E-state index is 12.2. The predicted molar refractivity (Wildman–Crippen MR) is 86.0 cm³/mol. The monoisotopic (exact) mass is 336 g/mol. The van der Waals surface area contributed by atoms with Crippen molar-refractivity contribution in [2.24, 2.45) is 5.92 Å². The molecular formula is C16H20N2O4S. The lowest BCUT2D eigenvalue weighted by atomic mass is 9.79. The molecule has 3 rings (SSSR count). The first-order chi connectivity index (χ1) is 10.8. The molecule has 0 radical (unpaired) electrons. The van der Waals surface area contributed by atoms with Gasteiger partial charge in [-0.25, -0.2) is 18.3 Å². The van der Waals surface area contributed by atoms with Crippen molar-refractivity contribution >= 4 is 9.84 Å². The summed E-state index contributed by atoms with van der Waals surface area (Å²) in [5, 5.41) is 5.68. The van der Waals surface area contributed by atoms with Gasteiger partial charge in [0.05, 0.1) is 5.25 Å². The van der Waals surface area contributed by atoms with Crippen LogP contribution in [0.3, 0.4) is 0 Å². The molecule has 1 aliphatic carbocycles. The van der Waals surface area contributed by atoms with E-state index in [1.807, 2.05) is 31.2 Å². The Hall–Kier alpha value is -1.89. The number of hydrogen-bond donors (Lipinski definition) is 1. The minimum atomic E-state index is -3.16. The van der Waals surface area contributed by atoms with Crippen LogP contribution in [-0.4, -0.2) is 24.9 Å². The number of hydrogen-bond acceptors (Lipinski definition) is 5. The van der Waals surface area contributed by atoms with E-state index in [9.17, 15) is 13.2 Å². The molecule has 1 aromatic carbocycles. The van der Waals surface area contributed by atoms with Crippen LogP contribution in [0.15, 0.2) is 33.5 Å². The molecule has 0 fully saturated rings. The molecule has 0 saturated carbocycles. The Labute approximate surface area is 134 Å². The van der Waals surface area contributed by atoms with Gasteiger partial charge in [-0.2, -0.15) is 0 Å². The number of sulfone groups is 1. The number of H-pyrrole nitrogens is 1. The van der Waals surface area contributed by atoms with Crippen LogP contribution in [-0.2, 0) is 16.3 Å². The highest BCUT2D eigenvalue weighted by Crippen LogP contribution is 2.41. The Balaban J connectivity index is 1.84. The number of nitrogens with one attached hydrogen (secondary N) is 1. The quantitative estimate of drug-likeness (QED) is 0.924. The molecule has 7 heteroatoms. The Morgan fingerprint density at radius 2 is 2.13 bits per heavy atom. The van der Waals surface area contributed by atoms with Gasteiger partial charge in [-0.1, -0.05) is 31.2 Å². The van der Waals surface area contributed by atoms with Crippen LogP contribution in [0.1, 0.15) is 48.0 Å². The second kappa shape index (κ2) is 5.96. The zero-order valence-electron chi connectivity index (χ0n) is 13.2. The zero-order chi connectivity index (χ0) is 16.6. The van der Waals surface area contributed by atoms with E-state index < -0.39 is 20.8 Å². The van der Waals surface area contributed by atoms with Crippen molar-refractivity contribution in [3.05, 3.63) is 51.8 Å². The summed E-state index contributed by atoms with van der Waals surface area (Å²) in [6.07, 6.45) is 3.46. The maximum Gasteiger partial charge on any atom is 0.434 e. The van der Waals surface area contributed by atoms with Gasteiger partial charge in [0.2, 0.25) is 5.89 Å². The van der Waals surface area contributed by atoms with E-state index in [0.717, 1.165) is 24.0 Å². The van der Waals surface area contributed by atoms with Gasteiger partial charge in [0.1, 0.15) is 0 Å². The number of rotatable bonds is 4. The summed E-state index contributed by atoms with van der Waals surface area (Å²) in [5.41, 5.74) is 2.01. The van der Waals surface area contributed by atoms with Crippen LogP contribution >= 0.6 is 0 Å². The molecule has 0 amide bonds. The summed E-state index contributed by atoms with van der Waals surface area (Å²) >= 11 is 0. The van der Waals surface area contributed by atoms with E-state index in [4.69, 9.17) is 4.42 Å². The van der Waals surface area contributed by atoms with Gasteiger partial charge in [0.15, 0.2) is 9.84 Å². The fraction of sp³-hybridized carbons (Fsp3) is 0.500. The molecule has 1 N–H and O–H groups in total. The molecule has 3 atom stereocenters. The summed E-state index contributed by atoms with van der Waals surface area (Å²) in [4.78, 5) is 11.1. The summed E-state index contributed by atoms with van der Waals surface area (Å²) < 4.78 is 29.4. The lowest BCUT2D eigenvalue weighted by molar-refractivity contribution is 0.347. The Kier molecular flexibility index (Phi) is 4.14. The minimum Gasteiger partial charge on any atom is -0.392 e. The molecule has 1 heterocycles. The molecule has 0 bridgehead atoms. The van der Waals surface area contributed by atoms with Gasteiger partial charge < -0.3 is 4.42 Å². The maximum atomic E-state index is 12.2. The first kappa shape index (κ1) is 16.0. The number of benzene rings is 1. The SMILES string of the molecule is C[C@H](C[C@@H]1Cc2ccccc2C(S(C)(=O)=O)C1)c1n[nH]c(=O)o1. The molecule has 6 nitrogen and oxygen atoms in total. The van der Waals surface area contributed by atoms with Crippen LogP contribution in [0, 0.1) is 5.92 Å². The van der Waals surface area contributed by atoms with Crippen molar-refractivity contribution in [3.63, 3.8) is 0 Å². The van der Waals surface area contributed by atoms with Gasteiger partial charge in [0, 0.05) is 12.2 Å². The summed E-state index contributed by atoms with van der Waals surface area (Å²) in [6.45, 7) is 1.94. The van der Waals surface area contributed by atoms with Crippen LogP contribution in [0.2, 0.25) is 0 Å². The summed E-state index contributed by atoms with van der Waals surface area (Å²) in [6, 6.07) is 7.74. The van der Waals surface area contributed by atoms with Gasteiger partial charge in [-0.3, -0.25) is 0 Å². The van der Waals surface area contributed by atoms with Crippen molar-refractivity contribution in [1.82, 2.24) is 10.2 Å². The Morgan fingerprint density at radius 3 is 2.78 bits per heavy atom. The van der Waals surface area contributed by atoms with Crippen molar-refractivity contribution in [1.29, 1.82) is 0 Å². The standard InChI is InChI=1S/C16H20N2O4S/c1-10(15-17-18-16(19)22-15)7-11-8-12-5-3-4-6-13(12)14(9-11)23(2,20)21/h3-6,10-11,14H,7-9H2,1-2H3,(H,18,19)/t10-,11-,14?/m1/s1. The van der Waals surface area contributed by atoms with Crippen molar-refractivity contribution in [3.8, 4) is 0 Å². The molecule has 124 valence electrons. The second-order valence-electron chi connectivity index (χ2n) is 6.41. The molecule has 2 aromatic rings. The second-order valence-corrected chi connectivity index (χ2v) is 8.64. The van der Waals surface area contributed by atoms with Crippen LogP contribution in [0.4, 0.5) is 0 Å². The van der Waals surface area contributed by atoms with E-state index in [0.29, 0.717) is 12.3 Å². The smallest absolute Gasteiger partial charge is 0.392 e. The molecule has 0 spiro atoms. The van der Waals surface area contributed by atoms with E-state index >= 15 is 0 Å². The largest absolute Gasteiger partial charge is 0.434 e. The average molecular weight is 336 g/mol. The highest BCUT2D eigenvalue weighted by Gasteiger charge is 2.34. The number of aromatic amines is 1. The molecule has 0 aliphatic heterocycles. The number of nitrogens with zero attached hydrogens (tertiary/aromatic N) is 1. The van der Waals surface area contributed by atoms with Crippen molar-refractivity contribution < 1.29 is 12.8 Å². The van der Waals surface area contributed by atoms with Crippen LogP contribution < -0.4 is 5.76 Å². The van der Waals surface area contributed by atoms with Gasteiger partial charge in [0.25, 0.3) is 0 Å². The molecular weight excluding hydrogens is 316 g/mol. The molecule has 1 aromatic heterocycles. The van der Waals surface area contributed by atoms with E-state index in [1.54, 1.807) is 0 Å². The third-order valence-corrected chi connectivity index (χ3v) is 6.02. The Bertz CT molecular complexity index is 853. The summed E-state index contributed by atoms with van der Waals surface area (Å²) in [7, 11) is -3.16. The van der Waals surface area contributed by atoms with Crippen LogP contribution in [0.25, 0.3) is 0 Å². The number of fused-ring (bicyclic) bond motifs is 1. The zero-order valence-corrected chi connectivity index (χ0v) is 14.0. The summed E-state index contributed by atoms with van der Waals surface area (Å²) in [5.74, 6) is -0.00864. The average Bonchev–Trinajstić information content (AvgIpc) is 2.92. The first-order valence-electron chi connectivity index (χ1n) is 7.66. The molecule has 1 aliphatic rings. The normalized spacial score (nSPS) is 22.5. The number of aromatic nitrogens is 2. The van der Waals surface area contributed by atoms with E-state index in [1.165, 1.54) is 6.26 Å². The van der Waals surface area contributed by atoms with Gasteiger partial charge in [-0.15, -0.1) is 5.10 Å². The fourth-order valence-corrected chi connectivity index (χ4v) is 4.81. The highest BCUT2D eigenvalue weighted by atomic mass is 32.2. The third kappa shape index (κ3) is 3.39.